The largest absolute Gasteiger partial charge is 0.287 e. The number of ketones is 1. The topological polar surface area (TPSA) is 20.9 Å². The predicted molar refractivity (Wildman–Crippen MR) is 126 cm³/mol. The molecule has 31 heavy (non-hydrogen) atoms. The van der Waals surface area contributed by atoms with Crippen LogP contribution in [-0.2, 0) is 6.54 Å². The molecule has 1 fully saturated rings. The normalized spacial score (nSPS) is 14.6. The second-order valence-electron chi connectivity index (χ2n) is 8.63. The number of carbonyl (C=O) groups is 1. The van der Waals surface area contributed by atoms with E-state index in [1.54, 1.807) is 0 Å². The minimum absolute atomic E-state index is 0.126. The SMILES string of the molecule is O=C(C[n+]1ccc2ccccc2c1-c1ccc(C2CCCCC2)cc1)c1ccccc1. The molecule has 0 aliphatic heterocycles. The Hall–Kier alpha value is -3.26. The molecule has 1 heterocycles. The summed E-state index contributed by atoms with van der Waals surface area (Å²) in [7, 11) is 0. The van der Waals surface area contributed by atoms with Crippen molar-refractivity contribution in [3.05, 3.63) is 102 Å². The minimum Gasteiger partial charge on any atom is -0.287 e. The summed E-state index contributed by atoms with van der Waals surface area (Å²) in [5, 5.41) is 2.37. The maximum Gasteiger partial charge on any atom is 0.227 e. The fourth-order valence-corrected chi connectivity index (χ4v) is 4.93. The van der Waals surface area contributed by atoms with E-state index < -0.39 is 0 Å². The first-order valence-corrected chi connectivity index (χ1v) is 11.4. The molecule has 154 valence electrons. The van der Waals surface area contributed by atoms with Gasteiger partial charge in [-0.3, -0.25) is 4.79 Å². The van der Waals surface area contributed by atoms with E-state index >= 15 is 0 Å². The number of benzene rings is 3. The molecule has 5 rings (SSSR count). The molecule has 3 aromatic carbocycles. The Morgan fingerprint density at radius 3 is 2.26 bits per heavy atom. The summed E-state index contributed by atoms with van der Waals surface area (Å²) in [6, 6.07) is 29.2. The second kappa shape index (κ2) is 8.85. The molecule has 0 bridgehead atoms. The Bertz CT molecular complexity index is 1190. The highest BCUT2D eigenvalue weighted by atomic mass is 16.1. The lowest BCUT2D eigenvalue weighted by atomic mass is 9.84. The van der Waals surface area contributed by atoms with Crippen LogP contribution in [0.4, 0.5) is 0 Å². The van der Waals surface area contributed by atoms with E-state index in [-0.39, 0.29) is 5.78 Å². The lowest BCUT2D eigenvalue weighted by Gasteiger charge is -2.22. The van der Waals surface area contributed by atoms with Crippen LogP contribution in [0.3, 0.4) is 0 Å². The molecule has 2 nitrogen and oxygen atoms in total. The number of rotatable bonds is 5. The summed E-state index contributed by atoms with van der Waals surface area (Å²) >= 11 is 0. The zero-order valence-electron chi connectivity index (χ0n) is 17.8. The van der Waals surface area contributed by atoms with Crippen LogP contribution in [0.15, 0.2) is 91.1 Å². The first kappa shape index (κ1) is 19.7. The fourth-order valence-electron chi connectivity index (χ4n) is 4.93. The van der Waals surface area contributed by atoms with Gasteiger partial charge in [0.15, 0.2) is 6.20 Å². The van der Waals surface area contributed by atoms with Crippen molar-refractivity contribution in [3.63, 3.8) is 0 Å². The van der Waals surface area contributed by atoms with E-state index in [1.165, 1.54) is 48.4 Å². The highest BCUT2D eigenvalue weighted by molar-refractivity contribution is 5.96. The molecule has 0 N–H and O–H groups in total. The minimum atomic E-state index is 0.126. The molecule has 0 amide bonds. The second-order valence-corrected chi connectivity index (χ2v) is 8.63. The number of aromatic nitrogens is 1. The Balaban J connectivity index is 1.54. The Labute approximate surface area is 184 Å². The van der Waals surface area contributed by atoms with Gasteiger partial charge in [-0.25, -0.2) is 0 Å². The number of hydrogen-bond donors (Lipinski definition) is 0. The Morgan fingerprint density at radius 2 is 1.48 bits per heavy atom. The zero-order chi connectivity index (χ0) is 21.0. The van der Waals surface area contributed by atoms with Gasteiger partial charge in [0.2, 0.25) is 18.0 Å². The number of carbonyl (C=O) groups excluding carboxylic acids is 1. The third-order valence-electron chi connectivity index (χ3n) is 6.61. The van der Waals surface area contributed by atoms with E-state index in [2.05, 4.69) is 59.2 Å². The van der Waals surface area contributed by atoms with E-state index in [4.69, 9.17) is 0 Å². The van der Waals surface area contributed by atoms with E-state index in [0.717, 1.165) is 16.8 Å². The zero-order valence-corrected chi connectivity index (χ0v) is 17.8. The van der Waals surface area contributed by atoms with E-state index in [1.807, 2.05) is 36.5 Å². The summed E-state index contributed by atoms with van der Waals surface area (Å²) in [4.78, 5) is 13.0. The molecule has 2 heteroatoms. The van der Waals surface area contributed by atoms with Gasteiger partial charge in [-0.05, 0) is 47.9 Å². The van der Waals surface area contributed by atoms with Crippen molar-refractivity contribution in [3.8, 4) is 11.3 Å². The van der Waals surface area contributed by atoms with Crippen LogP contribution in [0, 0.1) is 0 Å². The van der Waals surface area contributed by atoms with Gasteiger partial charge >= 0.3 is 0 Å². The Morgan fingerprint density at radius 1 is 0.774 bits per heavy atom. The molecule has 0 spiro atoms. The summed E-state index contributed by atoms with van der Waals surface area (Å²) in [5.41, 5.74) is 4.48. The van der Waals surface area contributed by atoms with Crippen molar-refractivity contribution >= 4 is 16.6 Å². The van der Waals surface area contributed by atoms with Gasteiger partial charge in [0.05, 0.1) is 5.39 Å². The summed E-state index contributed by atoms with van der Waals surface area (Å²) in [6.07, 6.45) is 8.72. The van der Waals surface area contributed by atoms with Crippen molar-refractivity contribution in [2.24, 2.45) is 0 Å². The number of hydrogen-bond acceptors (Lipinski definition) is 1. The molecule has 0 radical (unpaired) electrons. The van der Waals surface area contributed by atoms with Crippen LogP contribution in [-0.4, -0.2) is 5.78 Å². The van der Waals surface area contributed by atoms with Crippen molar-refractivity contribution in [2.45, 2.75) is 44.6 Å². The molecule has 1 saturated carbocycles. The standard InChI is InChI=1S/C29H28NO/c31-28(25-12-5-2-6-13-25)21-30-20-19-24-11-7-8-14-27(24)29(30)26-17-15-23(16-18-26)22-9-3-1-4-10-22/h2,5-8,11-20,22H,1,3-4,9-10,21H2/q+1. The van der Waals surface area contributed by atoms with Crippen LogP contribution in [0.25, 0.3) is 22.0 Å². The van der Waals surface area contributed by atoms with Gasteiger partial charge < -0.3 is 0 Å². The third-order valence-corrected chi connectivity index (χ3v) is 6.61. The summed E-state index contributed by atoms with van der Waals surface area (Å²) in [6.45, 7) is 0.328. The first-order valence-electron chi connectivity index (χ1n) is 11.4. The number of fused-ring (bicyclic) bond motifs is 1. The van der Waals surface area contributed by atoms with E-state index in [9.17, 15) is 4.79 Å². The first-order chi connectivity index (χ1) is 15.3. The highest BCUT2D eigenvalue weighted by Crippen LogP contribution is 2.34. The summed E-state index contributed by atoms with van der Waals surface area (Å²) in [5.74, 6) is 0.822. The van der Waals surface area contributed by atoms with Crippen molar-refractivity contribution in [2.75, 3.05) is 0 Å². The quantitative estimate of drug-likeness (QED) is 0.266. The maximum atomic E-state index is 13.0. The average molecular weight is 407 g/mol. The van der Waals surface area contributed by atoms with Crippen molar-refractivity contribution in [1.29, 1.82) is 0 Å². The van der Waals surface area contributed by atoms with Crippen molar-refractivity contribution < 1.29 is 9.36 Å². The monoisotopic (exact) mass is 406 g/mol. The van der Waals surface area contributed by atoms with Gasteiger partial charge in [0.25, 0.3) is 0 Å². The number of nitrogens with zero attached hydrogens (tertiary/aromatic N) is 1. The molecule has 0 atom stereocenters. The highest BCUT2D eigenvalue weighted by Gasteiger charge is 2.22. The van der Waals surface area contributed by atoms with Crippen molar-refractivity contribution in [1.82, 2.24) is 0 Å². The lowest BCUT2D eigenvalue weighted by Crippen LogP contribution is -2.40. The van der Waals surface area contributed by atoms with Crippen LogP contribution >= 0.6 is 0 Å². The van der Waals surface area contributed by atoms with Crippen LogP contribution in [0.1, 0.15) is 53.9 Å². The van der Waals surface area contributed by atoms with Gasteiger partial charge in [-0.2, -0.15) is 4.57 Å². The number of pyridine rings is 1. The van der Waals surface area contributed by atoms with Crippen LogP contribution in [0.2, 0.25) is 0 Å². The lowest BCUT2D eigenvalue weighted by molar-refractivity contribution is -0.671. The smallest absolute Gasteiger partial charge is 0.227 e. The number of Topliss-reactive ketones (excluding diaryl/α,β-unsaturated/α-hetero) is 1. The molecule has 4 aromatic rings. The predicted octanol–water partition coefficient (Wildman–Crippen LogP) is 6.72. The molecule has 0 unspecified atom stereocenters. The molecule has 1 aliphatic rings. The molecule has 0 saturated heterocycles. The maximum absolute atomic E-state index is 13.0. The van der Waals surface area contributed by atoms with E-state index in [0.29, 0.717) is 12.5 Å². The van der Waals surface area contributed by atoms with Gasteiger partial charge in [0, 0.05) is 17.2 Å². The molecular formula is C29H28NO+. The molecular weight excluding hydrogens is 378 g/mol. The molecule has 1 aliphatic carbocycles. The van der Waals surface area contributed by atoms with Gasteiger partial charge in [-0.1, -0.05) is 79.9 Å². The summed E-state index contributed by atoms with van der Waals surface area (Å²) < 4.78 is 2.10. The Kier molecular flexibility index (Phi) is 5.62. The van der Waals surface area contributed by atoms with Crippen LogP contribution < -0.4 is 4.57 Å². The third kappa shape index (κ3) is 4.16. The molecule has 1 aromatic heterocycles. The van der Waals surface area contributed by atoms with Crippen LogP contribution in [0.5, 0.6) is 0 Å². The average Bonchev–Trinajstić information content (AvgIpc) is 2.85. The van der Waals surface area contributed by atoms with Gasteiger partial charge in [0.1, 0.15) is 0 Å². The van der Waals surface area contributed by atoms with Gasteiger partial charge in [-0.15, -0.1) is 0 Å². The fraction of sp³-hybridized carbons (Fsp3) is 0.241.